The molecule has 0 radical (unpaired) electrons. The maximum atomic E-state index is 4.52. The first-order chi connectivity index (χ1) is 12.0. The number of hydrogen-bond donors (Lipinski definition) is 0. The fourth-order valence-electron chi connectivity index (χ4n) is 3.84. The van der Waals surface area contributed by atoms with Crippen LogP contribution in [0.3, 0.4) is 0 Å². The highest BCUT2D eigenvalue weighted by atomic mass is 14.7. The Morgan fingerprint density at radius 3 is 2.68 bits per heavy atom. The van der Waals surface area contributed by atoms with Crippen LogP contribution in [0.4, 0.5) is 0 Å². The highest BCUT2D eigenvalue weighted by molar-refractivity contribution is 5.90. The molecule has 0 saturated heterocycles. The van der Waals surface area contributed by atoms with Crippen molar-refractivity contribution in [2.45, 2.75) is 40.0 Å². The minimum Gasteiger partial charge on any atom is -0.261 e. The number of allylic oxidation sites excluding steroid dienone is 5. The Morgan fingerprint density at radius 2 is 1.92 bits per heavy atom. The summed E-state index contributed by atoms with van der Waals surface area (Å²) in [7, 11) is 0. The van der Waals surface area contributed by atoms with E-state index < -0.39 is 0 Å². The van der Waals surface area contributed by atoms with Crippen LogP contribution in [-0.4, -0.2) is 4.98 Å². The van der Waals surface area contributed by atoms with Gasteiger partial charge in [-0.05, 0) is 77.3 Å². The van der Waals surface area contributed by atoms with Gasteiger partial charge in [0.1, 0.15) is 0 Å². The van der Waals surface area contributed by atoms with Gasteiger partial charge in [-0.25, -0.2) is 0 Å². The fourth-order valence-corrected chi connectivity index (χ4v) is 3.84. The molecule has 1 heterocycles. The van der Waals surface area contributed by atoms with Crippen molar-refractivity contribution in [1.29, 1.82) is 0 Å². The third-order valence-electron chi connectivity index (χ3n) is 5.56. The van der Waals surface area contributed by atoms with Gasteiger partial charge in [0.2, 0.25) is 0 Å². The van der Waals surface area contributed by atoms with Crippen molar-refractivity contribution in [3.63, 3.8) is 0 Å². The average molecular weight is 327 g/mol. The van der Waals surface area contributed by atoms with Crippen LogP contribution in [0.15, 0.2) is 48.7 Å². The Hall–Kier alpha value is -2.41. The zero-order valence-corrected chi connectivity index (χ0v) is 15.5. The summed E-state index contributed by atoms with van der Waals surface area (Å²) in [5.41, 5.74) is 10.5. The molecule has 2 aliphatic rings. The predicted molar refractivity (Wildman–Crippen MR) is 107 cm³/mol. The Bertz CT molecular complexity index is 925. The Balaban J connectivity index is 1.62. The van der Waals surface area contributed by atoms with Crippen LogP contribution in [0.1, 0.15) is 59.7 Å². The van der Waals surface area contributed by atoms with E-state index in [0.717, 1.165) is 12.1 Å². The number of pyridine rings is 1. The zero-order chi connectivity index (χ0) is 17.6. The van der Waals surface area contributed by atoms with Gasteiger partial charge < -0.3 is 0 Å². The molecule has 0 N–H and O–H groups in total. The first-order valence-electron chi connectivity index (χ1n) is 9.20. The number of nitrogens with zero attached hydrogens (tertiary/aromatic N) is 1. The minimum atomic E-state index is 0.564. The molecular formula is C24H25N. The molecule has 1 nitrogen and oxygen atoms in total. The molecule has 0 fully saturated rings. The lowest BCUT2D eigenvalue weighted by Gasteiger charge is -2.15. The highest BCUT2D eigenvalue weighted by Gasteiger charge is 2.21. The van der Waals surface area contributed by atoms with Crippen molar-refractivity contribution < 1.29 is 0 Å². The molecule has 1 unspecified atom stereocenters. The van der Waals surface area contributed by atoms with Gasteiger partial charge in [0.05, 0.1) is 0 Å². The molecule has 0 bridgehead atoms. The van der Waals surface area contributed by atoms with Gasteiger partial charge in [-0.2, -0.15) is 0 Å². The third-order valence-corrected chi connectivity index (χ3v) is 5.56. The first kappa shape index (κ1) is 16.1. The van der Waals surface area contributed by atoms with Crippen LogP contribution in [0.5, 0.6) is 0 Å². The maximum Gasteiger partial charge on any atom is 0.0402 e. The molecule has 4 rings (SSSR count). The lowest BCUT2D eigenvalue weighted by atomic mass is 9.89. The molecule has 126 valence electrons. The third kappa shape index (κ3) is 2.89. The fraction of sp³-hybridized carbons (Fsp3) is 0.292. The van der Waals surface area contributed by atoms with Gasteiger partial charge >= 0.3 is 0 Å². The van der Waals surface area contributed by atoms with Crippen molar-refractivity contribution in [3.8, 4) is 0 Å². The molecule has 1 aromatic carbocycles. The summed E-state index contributed by atoms with van der Waals surface area (Å²) in [6, 6.07) is 9.20. The second-order valence-electron chi connectivity index (χ2n) is 7.63. The van der Waals surface area contributed by atoms with Gasteiger partial charge in [0.15, 0.2) is 0 Å². The molecule has 2 aliphatic carbocycles. The summed E-state index contributed by atoms with van der Waals surface area (Å²) in [5.74, 6) is 1.21. The summed E-state index contributed by atoms with van der Waals surface area (Å²) in [5, 5.41) is 0. The molecule has 0 amide bonds. The molecule has 0 aliphatic heterocycles. The second-order valence-corrected chi connectivity index (χ2v) is 7.63. The van der Waals surface area contributed by atoms with Gasteiger partial charge in [0.25, 0.3) is 0 Å². The summed E-state index contributed by atoms with van der Waals surface area (Å²) in [4.78, 5) is 4.52. The van der Waals surface area contributed by atoms with Crippen molar-refractivity contribution in [2.24, 2.45) is 5.92 Å². The topological polar surface area (TPSA) is 12.9 Å². The molecular weight excluding hydrogens is 302 g/mol. The van der Waals surface area contributed by atoms with E-state index in [0.29, 0.717) is 11.8 Å². The molecule has 25 heavy (non-hydrogen) atoms. The van der Waals surface area contributed by atoms with Gasteiger partial charge in [0, 0.05) is 17.8 Å². The maximum absolute atomic E-state index is 4.52. The van der Waals surface area contributed by atoms with Gasteiger partial charge in [-0.15, -0.1) is 0 Å². The second kappa shape index (κ2) is 6.15. The van der Waals surface area contributed by atoms with E-state index in [2.05, 4.69) is 81.2 Å². The Kier molecular flexibility index (Phi) is 3.95. The van der Waals surface area contributed by atoms with Gasteiger partial charge in [-0.3, -0.25) is 4.98 Å². The Labute approximate surface area is 150 Å². The van der Waals surface area contributed by atoms with Crippen LogP contribution < -0.4 is 0 Å². The van der Waals surface area contributed by atoms with Crippen molar-refractivity contribution in [2.75, 3.05) is 0 Å². The van der Waals surface area contributed by atoms with Crippen LogP contribution in [0.2, 0.25) is 0 Å². The standard InChI is InChI=1S/C24H25N/c1-15(2)23-9-8-21-13-19(7-10-24(21)23)18-5-6-20(12-18)22-11-16(3)17(4)25-14-22/h5,7-15,23H,6H2,1-4H3. The van der Waals surface area contributed by atoms with E-state index in [9.17, 15) is 0 Å². The molecule has 1 heteroatoms. The van der Waals surface area contributed by atoms with Crippen LogP contribution in [0.25, 0.3) is 17.2 Å². The van der Waals surface area contributed by atoms with E-state index in [1.807, 2.05) is 6.20 Å². The van der Waals surface area contributed by atoms with E-state index in [-0.39, 0.29) is 0 Å². The van der Waals surface area contributed by atoms with Crippen molar-refractivity contribution in [1.82, 2.24) is 4.98 Å². The molecule has 1 aromatic heterocycles. The van der Waals surface area contributed by atoms with E-state index in [4.69, 9.17) is 0 Å². The largest absolute Gasteiger partial charge is 0.261 e. The van der Waals surface area contributed by atoms with Crippen molar-refractivity contribution in [3.05, 3.63) is 82.2 Å². The van der Waals surface area contributed by atoms with Crippen LogP contribution >= 0.6 is 0 Å². The number of fused-ring (bicyclic) bond motifs is 1. The van der Waals surface area contributed by atoms with E-state index in [1.54, 1.807) is 0 Å². The predicted octanol–water partition coefficient (Wildman–Crippen LogP) is 6.34. The number of benzene rings is 1. The minimum absolute atomic E-state index is 0.564. The quantitative estimate of drug-likeness (QED) is 0.641. The number of hydrogen-bond acceptors (Lipinski definition) is 1. The lowest BCUT2D eigenvalue weighted by Crippen LogP contribution is -2.01. The molecule has 2 aromatic rings. The molecule has 0 saturated carbocycles. The summed E-state index contributed by atoms with van der Waals surface area (Å²) in [6.45, 7) is 8.79. The number of aromatic nitrogens is 1. The average Bonchev–Trinajstić information content (AvgIpc) is 3.23. The monoisotopic (exact) mass is 327 g/mol. The molecule has 0 spiro atoms. The number of rotatable bonds is 3. The summed E-state index contributed by atoms with van der Waals surface area (Å²) >= 11 is 0. The van der Waals surface area contributed by atoms with Gasteiger partial charge in [-0.1, -0.05) is 50.3 Å². The van der Waals surface area contributed by atoms with E-state index in [1.165, 1.54) is 39.0 Å². The first-order valence-corrected chi connectivity index (χ1v) is 9.20. The number of aryl methyl sites for hydroxylation is 2. The summed E-state index contributed by atoms with van der Waals surface area (Å²) < 4.78 is 0. The molecule has 1 atom stereocenters. The van der Waals surface area contributed by atoms with Crippen LogP contribution in [0, 0.1) is 19.8 Å². The highest BCUT2D eigenvalue weighted by Crippen LogP contribution is 2.38. The van der Waals surface area contributed by atoms with Crippen LogP contribution in [-0.2, 0) is 0 Å². The lowest BCUT2D eigenvalue weighted by molar-refractivity contribution is 0.584. The normalized spacial score (nSPS) is 18.5. The SMILES string of the molecule is Cc1cc(C2=CC(c3ccc4c(c3)C=CC4C(C)C)=CC2)cnc1C. The smallest absolute Gasteiger partial charge is 0.0402 e. The summed E-state index contributed by atoms with van der Waals surface area (Å²) in [6.07, 6.45) is 12.3. The Morgan fingerprint density at radius 1 is 1.08 bits per heavy atom. The van der Waals surface area contributed by atoms with E-state index >= 15 is 0 Å². The zero-order valence-electron chi connectivity index (χ0n) is 15.5. The van der Waals surface area contributed by atoms with Crippen molar-refractivity contribution >= 4 is 17.2 Å².